The zero-order valence-electron chi connectivity index (χ0n) is 15.6. The second kappa shape index (κ2) is 9.61. The number of amides is 2. The number of hydrogen-bond donors (Lipinski definition) is 1. The Morgan fingerprint density at radius 2 is 1.73 bits per heavy atom. The van der Waals surface area contributed by atoms with Gasteiger partial charge in [-0.25, -0.2) is 0 Å². The van der Waals surface area contributed by atoms with Crippen LogP contribution < -0.4 is 10.1 Å². The zero-order valence-corrected chi connectivity index (χ0v) is 15.6. The molecule has 0 saturated heterocycles. The van der Waals surface area contributed by atoms with E-state index in [4.69, 9.17) is 4.74 Å². The van der Waals surface area contributed by atoms with Crippen molar-refractivity contribution >= 4 is 11.8 Å². The molecule has 0 spiro atoms. The van der Waals surface area contributed by atoms with E-state index in [1.165, 1.54) is 0 Å². The van der Waals surface area contributed by atoms with Gasteiger partial charge in [-0.15, -0.1) is 0 Å². The first kappa shape index (κ1) is 19.5. The molecular weight excluding hydrogens is 328 g/mol. The highest BCUT2D eigenvalue weighted by Crippen LogP contribution is 2.17. The lowest BCUT2D eigenvalue weighted by Gasteiger charge is -2.28. The number of rotatable bonds is 8. The quantitative estimate of drug-likeness (QED) is 0.792. The van der Waals surface area contributed by atoms with Gasteiger partial charge in [-0.1, -0.05) is 55.5 Å². The number of nitrogens with one attached hydrogen (secondary N) is 1. The summed E-state index contributed by atoms with van der Waals surface area (Å²) in [5.74, 6) is 0.494. The fourth-order valence-electron chi connectivity index (χ4n) is 2.74. The first-order chi connectivity index (χ1) is 12.6. The van der Waals surface area contributed by atoms with Crippen LogP contribution in [0.15, 0.2) is 54.6 Å². The minimum absolute atomic E-state index is 0.0474. The summed E-state index contributed by atoms with van der Waals surface area (Å²) in [6.45, 7) is 4.33. The first-order valence-corrected chi connectivity index (χ1v) is 8.79. The van der Waals surface area contributed by atoms with Crippen molar-refractivity contribution in [2.75, 3.05) is 7.11 Å². The Morgan fingerprint density at radius 1 is 1.08 bits per heavy atom. The number of methoxy groups -OCH3 is 1. The number of benzene rings is 2. The molecular formula is C21H26N2O3. The molecule has 0 bridgehead atoms. The second-order valence-electron chi connectivity index (χ2n) is 6.07. The molecule has 2 rings (SSSR count). The van der Waals surface area contributed by atoms with Gasteiger partial charge >= 0.3 is 0 Å². The Kier molecular flexibility index (Phi) is 7.21. The van der Waals surface area contributed by atoms with Crippen LogP contribution in [-0.2, 0) is 22.7 Å². The van der Waals surface area contributed by atoms with Gasteiger partial charge in [-0.05, 0) is 18.6 Å². The Bertz CT molecular complexity index is 731. The van der Waals surface area contributed by atoms with Gasteiger partial charge in [0.05, 0.1) is 7.11 Å². The predicted molar refractivity (Wildman–Crippen MR) is 102 cm³/mol. The van der Waals surface area contributed by atoms with Crippen LogP contribution in [0.5, 0.6) is 5.75 Å². The first-order valence-electron chi connectivity index (χ1n) is 8.79. The molecule has 1 atom stereocenters. The lowest BCUT2D eigenvalue weighted by Crippen LogP contribution is -2.47. The average molecular weight is 354 g/mol. The highest BCUT2D eigenvalue weighted by Gasteiger charge is 2.25. The minimum Gasteiger partial charge on any atom is -0.496 e. The maximum atomic E-state index is 12.6. The molecule has 0 aliphatic heterocycles. The van der Waals surface area contributed by atoms with Gasteiger partial charge in [0, 0.05) is 25.1 Å². The summed E-state index contributed by atoms with van der Waals surface area (Å²) < 4.78 is 5.30. The number of para-hydroxylation sites is 1. The second-order valence-corrected chi connectivity index (χ2v) is 6.07. The summed E-state index contributed by atoms with van der Waals surface area (Å²) in [4.78, 5) is 26.6. The van der Waals surface area contributed by atoms with Crippen molar-refractivity contribution < 1.29 is 14.3 Å². The molecule has 5 nitrogen and oxygen atoms in total. The Balaban J connectivity index is 2.05. The van der Waals surface area contributed by atoms with E-state index in [2.05, 4.69) is 5.32 Å². The normalized spacial score (nSPS) is 11.5. The van der Waals surface area contributed by atoms with Gasteiger partial charge in [-0.2, -0.15) is 0 Å². The molecule has 5 heteroatoms. The van der Waals surface area contributed by atoms with Gasteiger partial charge in [0.25, 0.3) is 0 Å². The third kappa shape index (κ3) is 5.09. The monoisotopic (exact) mass is 354 g/mol. The van der Waals surface area contributed by atoms with Crippen molar-refractivity contribution in [2.24, 2.45) is 0 Å². The van der Waals surface area contributed by atoms with Gasteiger partial charge in [0.1, 0.15) is 11.8 Å². The van der Waals surface area contributed by atoms with Gasteiger partial charge < -0.3 is 15.0 Å². The van der Waals surface area contributed by atoms with E-state index >= 15 is 0 Å². The maximum Gasteiger partial charge on any atom is 0.242 e. The molecule has 0 unspecified atom stereocenters. The van der Waals surface area contributed by atoms with Crippen LogP contribution in [0, 0.1) is 0 Å². The third-order valence-corrected chi connectivity index (χ3v) is 4.31. The van der Waals surface area contributed by atoms with Crippen LogP contribution in [0.4, 0.5) is 0 Å². The molecule has 2 amide bonds. The molecule has 2 aromatic carbocycles. The topological polar surface area (TPSA) is 58.6 Å². The third-order valence-electron chi connectivity index (χ3n) is 4.31. The molecule has 0 heterocycles. The number of nitrogens with zero attached hydrogens (tertiary/aromatic N) is 1. The van der Waals surface area contributed by atoms with E-state index in [0.717, 1.165) is 16.9 Å². The number of ether oxygens (including phenoxy) is 1. The van der Waals surface area contributed by atoms with E-state index in [-0.39, 0.29) is 11.8 Å². The number of hydrogen-bond acceptors (Lipinski definition) is 3. The average Bonchev–Trinajstić information content (AvgIpc) is 2.70. The van der Waals surface area contributed by atoms with Crippen LogP contribution >= 0.6 is 0 Å². The largest absolute Gasteiger partial charge is 0.496 e. The van der Waals surface area contributed by atoms with Crippen molar-refractivity contribution in [1.29, 1.82) is 0 Å². The summed E-state index contributed by atoms with van der Waals surface area (Å²) in [5.41, 5.74) is 1.89. The highest BCUT2D eigenvalue weighted by atomic mass is 16.5. The van der Waals surface area contributed by atoms with E-state index in [9.17, 15) is 9.59 Å². The zero-order chi connectivity index (χ0) is 18.9. The molecule has 138 valence electrons. The lowest BCUT2D eigenvalue weighted by atomic mass is 10.1. The molecule has 0 saturated carbocycles. The van der Waals surface area contributed by atoms with Gasteiger partial charge in [-0.3, -0.25) is 9.59 Å². The molecule has 1 N–H and O–H groups in total. The number of carbonyl (C=O) groups excluding carboxylic acids is 2. The molecule has 0 aliphatic carbocycles. The van der Waals surface area contributed by atoms with E-state index in [1.54, 1.807) is 25.9 Å². The highest BCUT2D eigenvalue weighted by molar-refractivity contribution is 5.87. The molecule has 26 heavy (non-hydrogen) atoms. The van der Waals surface area contributed by atoms with Crippen LogP contribution in [0.1, 0.15) is 31.4 Å². The standard InChI is InChI=1S/C21H26N2O3/c1-4-20(24)23(15-17-10-6-5-7-11-17)16(2)21(25)22-14-18-12-8-9-13-19(18)26-3/h5-13,16H,4,14-15H2,1-3H3,(H,22,25)/t16-/m1/s1. The predicted octanol–water partition coefficient (Wildman–Crippen LogP) is 3.14. The molecule has 0 aromatic heterocycles. The minimum atomic E-state index is -0.558. The van der Waals surface area contributed by atoms with Crippen molar-refractivity contribution in [3.8, 4) is 5.75 Å². The van der Waals surface area contributed by atoms with Crippen molar-refractivity contribution in [3.63, 3.8) is 0 Å². The van der Waals surface area contributed by atoms with Crippen LogP contribution in [-0.4, -0.2) is 29.9 Å². The molecule has 0 aliphatic rings. The Morgan fingerprint density at radius 3 is 2.38 bits per heavy atom. The van der Waals surface area contributed by atoms with E-state index in [1.807, 2.05) is 54.6 Å². The smallest absolute Gasteiger partial charge is 0.242 e. The van der Waals surface area contributed by atoms with Crippen LogP contribution in [0.25, 0.3) is 0 Å². The van der Waals surface area contributed by atoms with Gasteiger partial charge in [0.15, 0.2) is 0 Å². The molecule has 0 fully saturated rings. The van der Waals surface area contributed by atoms with Crippen molar-refractivity contribution in [1.82, 2.24) is 10.2 Å². The SMILES string of the molecule is CCC(=O)N(Cc1ccccc1)[C@H](C)C(=O)NCc1ccccc1OC. The fraction of sp³-hybridized carbons (Fsp3) is 0.333. The summed E-state index contributed by atoms with van der Waals surface area (Å²) in [5, 5.41) is 2.91. The van der Waals surface area contributed by atoms with E-state index < -0.39 is 6.04 Å². The van der Waals surface area contributed by atoms with Crippen LogP contribution in [0.3, 0.4) is 0 Å². The van der Waals surface area contributed by atoms with Crippen molar-refractivity contribution in [2.45, 2.75) is 39.4 Å². The fourth-order valence-corrected chi connectivity index (χ4v) is 2.74. The summed E-state index contributed by atoms with van der Waals surface area (Å²) in [7, 11) is 1.60. The summed E-state index contributed by atoms with van der Waals surface area (Å²) in [6.07, 6.45) is 0.358. The molecule has 2 aromatic rings. The Hall–Kier alpha value is -2.82. The Labute approximate surface area is 155 Å². The molecule has 0 radical (unpaired) electrons. The maximum absolute atomic E-state index is 12.6. The van der Waals surface area contributed by atoms with Gasteiger partial charge in [0.2, 0.25) is 11.8 Å². The van der Waals surface area contributed by atoms with Crippen molar-refractivity contribution in [3.05, 3.63) is 65.7 Å². The summed E-state index contributed by atoms with van der Waals surface area (Å²) >= 11 is 0. The number of carbonyl (C=O) groups is 2. The van der Waals surface area contributed by atoms with E-state index in [0.29, 0.717) is 19.5 Å². The lowest BCUT2D eigenvalue weighted by molar-refractivity contribution is -0.140. The summed E-state index contributed by atoms with van der Waals surface area (Å²) in [6, 6.07) is 16.7. The van der Waals surface area contributed by atoms with Crippen LogP contribution in [0.2, 0.25) is 0 Å².